The van der Waals surface area contributed by atoms with E-state index in [1.807, 2.05) is 54.6 Å². The summed E-state index contributed by atoms with van der Waals surface area (Å²) >= 11 is 0. The van der Waals surface area contributed by atoms with Crippen LogP contribution in [0.25, 0.3) is 22.3 Å². The highest BCUT2D eigenvalue weighted by Crippen LogP contribution is 2.34. The van der Waals surface area contributed by atoms with Crippen LogP contribution in [0.2, 0.25) is 0 Å². The van der Waals surface area contributed by atoms with Crippen LogP contribution in [0.4, 0.5) is 0 Å². The maximum atomic E-state index is 11.5. The normalized spacial score (nSPS) is 21.9. The van der Waals surface area contributed by atoms with E-state index in [0.717, 1.165) is 40.9 Å². The molecule has 0 amide bonds. The topological polar surface area (TPSA) is 48.7 Å². The lowest BCUT2D eigenvalue weighted by Gasteiger charge is -2.21. The summed E-state index contributed by atoms with van der Waals surface area (Å²) in [7, 11) is 0. The van der Waals surface area contributed by atoms with Crippen molar-refractivity contribution in [1.29, 1.82) is 0 Å². The molecule has 1 aliphatic carbocycles. The first kappa shape index (κ1) is 17.4. The van der Waals surface area contributed by atoms with Crippen LogP contribution < -0.4 is 4.74 Å². The molecule has 0 saturated heterocycles. The Morgan fingerprint density at radius 3 is 2.67 bits per heavy atom. The molecule has 1 aromatic heterocycles. The molecular weight excluding hydrogens is 340 g/mol. The summed E-state index contributed by atoms with van der Waals surface area (Å²) in [6.07, 6.45) is 2.73. The third-order valence-electron chi connectivity index (χ3n) is 5.18. The summed E-state index contributed by atoms with van der Waals surface area (Å²) in [4.78, 5) is 11.5. The Hall–Kier alpha value is -3.01. The van der Waals surface area contributed by atoms with Gasteiger partial charge in [-0.3, -0.25) is 0 Å². The lowest BCUT2D eigenvalue weighted by molar-refractivity contribution is -0.144. The molecule has 0 aliphatic heterocycles. The molecular formula is C23H22O4. The minimum Gasteiger partial charge on any atom is -0.490 e. The monoisotopic (exact) mass is 362 g/mol. The molecule has 3 aromatic rings. The van der Waals surface area contributed by atoms with Crippen molar-refractivity contribution in [2.75, 3.05) is 0 Å². The van der Waals surface area contributed by atoms with Crippen molar-refractivity contribution in [3.05, 3.63) is 67.3 Å². The molecule has 4 nitrogen and oxygen atoms in total. The fourth-order valence-electron chi connectivity index (χ4n) is 3.63. The van der Waals surface area contributed by atoms with Gasteiger partial charge in [-0.1, -0.05) is 43.8 Å². The maximum Gasteiger partial charge on any atom is 0.330 e. The second-order valence-corrected chi connectivity index (χ2v) is 6.95. The van der Waals surface area contributed by atoms with Gasteiger partial charge in [0, 0.05) is 29.0 Å². The van der Waals surface area contributed by atoms with Crippen LogP contribution >= 0.6 is 0 Å². The van der Waals surface area contributed by atoms with Gasteiger partial charge in [0.15, 0.2) is 0 Å². The lowest BCUT2D eigenvalue weighted by Crippen LogP contribution is -2.27. The van der Waals surface area contributed by atoms with Crippen LogP contribution in [-0.4, -0.2) is 18.2 Å². The molecule has 138 valence electrons. The van der Waals surface area contributed by atoms with Crippen molar-refractivity contribution in [2.24, 2.45) is 5.92 Å². The summed E-state index contributed by atoms with van der Waals surface area (Å²) in [5.74, 6) is 1.36. The largest absolute Gasteiger partial charge is 0.490 e. The van der Waals surface area contributed by atoms with Crippen LogP contribution in [-0.2, 0) is 9.53 Å². The van der Waals surface area contributed by atoms with Crippen molar-refractivity contribution in [3.8, 4) is 17.1 Å². The number of carbonyl (C=O) groups is 1. The van der Waals surface area contributed by atoms with Crippen LogP contribution in [0.3, 0.4) is 0 Å². The maximum absolute atomic E-state index is 11.5. The number of esters is 1. The van der Waals surface area contributed by atoms with E-state index in [4.69, 9.17) is 13.9 Å². The molecule has 4 rings (SSSR count). The predicted octanol–water partition coefficient (Wildman–Crippen LogP) is 5.37. The highest BCUT2D eigenvalue weighted by molar-refractivity contribution is 5.84. The summed E-state index contributed by atoms with van der Waals surface area (Å²) in [6, 6.07) is 18.0. The molecule has 4 heteroatoms. The van der Waals surface area contributed by atoms with Gasteiger partial charge in [-0.25, -0.2) is 4.79 Å². The van der Waals surface area contributed by atoms with E-state index < -0.39 is 0 Å². The van der Waals surface area contributed by atoms with Gasteiger partial charge in [0.1, 0.15) is 29.3 Å². The van der Waals surface area contributed by atoms with Gasteiger partial charge in [0.25, 0.3) is 0 Å². The molecule has 0 radical (unpaired) electrons. The fraction of sp³-hybridized carbons (Fsp3) is 0.261. The number of furan rings is 1. The van der Waals surface area contributed by atoms with Gasteiger partial charge in [-0.15, -0.1) is 0 Å². The van der Waals surface area contributed by atoms with Crippen molar-refractivity contribution >= 4 is 16.9 Å². The van der Waals surface area contributed by atoms with Gasteiger partial charge < -0.3 is 13.9 Å². The van der Waals surface area contributed by atoms with Crippen LogP contribution in [0.15, 0.2) is 71.7 Å². The van der Waals surface area contributed by atoms with Crippen molar-refractivity contribution in [1.82, 2.24) is 0 Å². The number of rotatable bonds is 5. The van der Waals surface area contributed by atoms with Crippen LogP contribution in [0.5, 0.6) is 5.75 Å². The number of carbonyl (C=O) groups excluding carboxylic acids is 1. The summed E-state index contributed by atoms with van der Waals surface area (Å²) < 4.78 is 17.6. The smallest absolute Gasteiger partial charge is 0.330 e. The van der Waals surface area contributed by atoms with E-state index >= 15 is 0 Å². The van der Waals surface area contributed by atoms with E-state index in [1.54, 1.807) is 0 Å². The van der Waals surface area contributed by atoms with Crippen molar-refractivity contribution < 1.29 is 18.7 Å². The van der Waals surface area contributed by atoms with E-state index in [0.29, 0.717) is 0 Å². The molecule has 3 atom stereocenters. The average Bonchev–Trinajstić information content (AvgIpc) is 3.27. The molecule has 0 spiro atoms. The molecule has 2 aromatic carbocycles. The quantitative estimate of drug-likeness (QED) is 0.452. The Morgan fingerprint density at radius 2 is 1.89 bits per heavy atom. The second kappa shape index (κ2) is 7.31. The van der Waals surface area contributed by atoms with E-state index in [1.165, 1.54) is 6.08 Å². The predicted molar refractivity (Wildman–Crippen MR) is 105 cm³/mol. The molecule has 3 unspecified atom stereocenters. The van der Waals surface area contributed by atoms with Gasteiger partial charge in [-0.05, 0) is 31.0 Å². The Kier molecular flexibility index (Phi) is 4.71. The number of hydrogen-bond acceptors (Lipinski definition) is 4. The van der Waals surface area contributed by atoms with Crippen LogP contribution in [0.1, 0.15) is 19.8 Å². The molecule has 1 fully saturated rings. The average molecular weight is 362 g/mol. The number of benzene rings is 2. The number of ether oxygens (including phenoxy) is 2. The Morgan fingerprint density at radius 1 is 1.11 bits per heavy atom. The molecule has 1 heterocycles. The van der Waals surface area contributed by atoms with E-state index in [2.05, 4.69) is 13.5 Å². The molecule has 0 N–H and O–H groups in total. The Balaban J connectivity index is 1.50. The molecule has 27 heavy (non-hydrogen) atoms. The standard InChI is InChI=1S/C23H22O4/c1-3-23(24)27-20-12-11-19(15(20)2)25-18-10-9-17-13-21(26-22(17)14-18)16-7-5-4-6-8-16/h3-10,13-15,19-20H,1,11-12H2,2H3. The third-order valence-corrected chi connectivity index (χ3v) is 5.18. The van der Waals surface area contributed by atoms with Gasteiger partial charge in [0.05, 0.1) is 0 Å². The lowest BCUT2D eigenvalue weighted by atomic mass is 10.1. The summed E-state index contributed by atoms with van der Waals surface area (Å²) in [5, 5.41) is 1.04. The van der Waals surface area contributed by atoms with Gasteiger partial charge >= 0.3 is 5.97 Å². The SMILES string of the molecule is C=CC(=O)OC1CCC(Oc2ccc3cc(-c4ccccc4)oc3c2)C1C. The number of hydrogen-bond donors (Lipinski definition) is 0. The van der Waals surface area contributed by atoms with Crippen LogP contribution in [0, 0.1) is 5.92 Å². The zero-order chi connectivity index (χ0) is 18.8. The first-order chi connectivity index (χ1) is 13.1. The zero-order valence-electron chi connectivity index (χ0n) is 15.3. The molecule has 1 saturated carbocycles. The molecule has 1 aliphatic rings. The molecule has 0 bridgehead atoms. The second-order valence-electron chi connectivity index (χ2n) is 6.95. The third kappa shape index (κ3) is 3.61. The minimum absolute atomic E-state index is 0.00798. The van der Waals surface area contributed by atoms with Crippen molar-refractivity contribution in [2.45, 2.75) is 32.0 Å². The minimum atomic E-state index is -0.377. The summed E-state index contributed by atoms with van der Waals surface area (Å²) in [6.45, 7) is 5.50. The number of fused-ring (bicyclic) bond motifs is 1. The van der Waals surface area contributed by atoms with E-state index in [9.17, 15) is 4.79 Å². The van der Waals surface area contributed by atoms with E-state index in [-0.39, 0.29) is 24.1 Å². The van der Waals surface area contributed by atoms with Gasteiger partial charge in [-0.2, -0.15) is 0 Å². The highest BCUT2D eigenvalue weighted by Gasteiger charge is 2.36. The van der Waals surface area contributed by atoms with Crippen molar-refractivity contribution in [3.63, 3.8) is 0 Å². The summed E-state index contributed by atoms with van der Waals surface area (Å²) in [5.41, 5.74) is 1.85. The Labute approximate surface area is 158 Å². The first-order valence-corrected chi connectivity index (χ1v) is 9.23. The first-order valence-electron chi connectivity index (χ1n) is 9.23. The van der Waals surface area contributed by atoms with Gasteiger partial charge in [0.2, 0.25) is 0 Å². The fourth-order valence-corrected chi connectivity index (χ4v) is 3.63. The Bertz CT molecular complexity index is 957. The highest BCUT2D eigenvalue weighted by atomic mass is 16.5. The zero-order valence-corrected chi connectivity index (χ0v) is 15.3.